The normalized spacial score (nSPS) is 11.5. The predicted molar refractivity (Wildman–Crippen MR) is 59.7 cm³/mol. The minimum absolute atomic E-state index is 0.293. The molecule has 2 N–H and O–H groups in total. The lowest BCUT2D eigenvalue weighted by atomic mass is 10.1. The highest BCUT2D eigenvalue weighted by atomic mass is 16.5. The summed E-state index contributed by atoms with van der Waals surface area (Å²) in [4.78, 5) is 0. The Kier molecular flexibility index (Phi) is 3.17. The van der Waals surface area contributed by atoms with Crippen molar-refractivity contribution in [3.63, 3.8) is 0 Å². The quantitative estimate of drug-likeness (QED) is 0.800. The van der Waals surface area contributed by atoms with Crippen molar-refractivity contribution in [2.24, 2.45) is 5.73 Å². The van der Waals surface area contributed by atoms with Crippen LogP contribution in [0.5, 0.6) is 5.75 Å². The fourth-order valence-corrected chi connectivity index (χ4v) is 1.16. The molecule has 0 radical (unpaired) electrons. The zero-order valence-corrected chi connectivity index (χ0v) is 9.42. The van der Waals surface area contributed by atoms with Gasteiger partial charge in [-0.3, -0.25) is 0 Å². The van der Waals surface area contributed by atoms with Crippen LogP contribution in [0.15, 0.2) is 18.2 Å². The molecule has 1 aromatic rings. The van der Waals surface area contributed by atoms with Gasteiger partial charge in [0, 0.05) is 6.54 Å². The van der Waals surface area contributed by atoms with E-state index in [0.29, 0.717) is 6.54 Å². The second-order valence-electron chi connectivity index (χ2n) is 4.33. The fourth-order valence-electron chi connectivity index (χ4n) is 1.16. The number of hydrogen-bond acceptors (Lipinski definition) is 2. The lowest BCUT2D eigenvalue weighted by molar-refractivity contribution is 0.117. The highest BCUT2D eigenvalue weighted by molar-refractivity contribution is 5.36. The summed E-state index contributed by atoms with van der Waals surface area (Å²) in [7, 11) is 0. The molecule has 0 spiro atoms. The van der Waals surface area contributed by atoms with Gasteiger partial charge in [0.1, 0.15) is 11.4 Å². The van der Waals surface area contributed by atoms with Gasteiger partial charge in [0.05, 0.1) is 0 Å². The van der Waals surface area contributed by atoms with Crippen molar-refractivity contribution in [1.82, 2.24) is 0 Å². The number of ether oxygens (including phenoxy) is 1. The predicted octanol–water partition coefficient (Wildman–Crippen LogP) is 2.42. The molecule has 0 bridgehead atoms. The first-order chi connectivity index (χ1) is 6.44. The van der Waals surface area contributed by atoms with Crippen LogP contribution in [0.4, 0.5) is 0 Å². The van der Waals surface area contributed by atoms with Crippen LogP contribution < -0.4 is 10.5 Å². The zero-order chi connectivity index (χ0) is 10.8. The van der Waals surface area contributed by atoms with Gasteiger partial charge in [0.25, 0.3) is 0 Å². The summed E-state index contributed by atoms with van der Waals surface area (Å²) in [6.45, 7) is 8.60. The van der Waals surface area contributed by atoms with E-state index in [-0.39, 0.29) is 5.60 Å². The topological polar surface area (TPSA) is 35.2 Å². The maximum absolute atomic E-state index is 5.84. The van der Waals surface area contributed by atoms with E-state index in [1.54, 1.807) is 0 Å². The van der Waals surface area contributed by atoms with Crippen molar-refractivity contribution in [3.05, 3.63) is 29.3 Å². The maximum atomic E-state index is 5.84. The SMILES string of the molecule is Cc1ccc(C)c(OC(C)(C)CN)c1. The van der Waals surface area contributed by atoms with Gasteiger partial charge in [-0.25, -0.2) is 0 Å². The molecule has 14 heavy (non-hydrogen) atoms. The molecule has 2 nitrogen and oxygen atoms in total. The summed E-state index contributed by atoms with van der Waals surface area (Å²) in [5, 5.41) is 0. The van der Waals surface area contributed by atoms with E-state index in [1.807, 2.05) is 26.8 Å². The van der Waals surface area contributed by atoms with Gasteiger partial charge in [0.15, 0.2) is 0 Å². The van der Waals surface area contributed by atoms with Crippen LogP contribution in [0.1, 0.15) is 25.0 Å². The first-order valence-electron chi connectivity index (χ1n) is 4.91. The minimum atomic E-state index is -0.293. The average molecular weight is 193 g/mol. The molecule has 0 unspecified atom stereocenters. The van der Waals surface area contributed by atoms with E-state index in [0.717, 1.165) is 11.3 Å². The lowest BCUT2D eigenvalue weighted by Crippen LogP contribution is -2.37. The Morgan fingerprint density at radius 2 is 1.93 bits per heavy atom. The van der Waals surface area contributed by atoms with Crippen LogP contribution in [0.3, 0.4) is 0 Å². The number of aryl methyl sites for hydroxylation is 2. The third-order valence-corrected chi connectivity index (χ3v) is 2.22. The van der Waals surface area contributed by atoms with Crippen LogP contribution in [-0.2, 0) is 0 Å². The molecule has 1 rings (SSSR count). The summed E-state index contributed by atoms with van der Waals surface area (Å²) in [5.41, 5.74) is 7.68. The smallest absolute Gasteiger partial charge is 0.123 e. The van der Waals surface area contributed by atoms with Gasteiger partial charge in [0.2, 0.25) is 0 Å². The molecule has 0 aliphatic carbocycles. The Hall–Kier alpha value is -1.02. The zero-order valence-electron chi connectivity index (χ0n) is 9.42. The molecule has 0 fully saturated rings. The third-order valence-electron chi connectivity index (χ3n) is 2.22. The third kappa shape index (κ3) is 2.74. The molecule has 0 saturated carbocycles. The van der Waals surface area contributed by atoms with E-state index in [4.69, 9.17) is 10.5 Å². The molecule has 0 saturated heterocycles. The molecule has 1 aromatic carbocycles. The molecule has 0 atom stereocenters. The second kappa shape index (κ2) is 4.01. The molecular formula is C12H19NO. The molecule has 0 aliphatic rings. The molecule has 2 heteroatoms. The highest BCUT2D eigenvalue weighted by Crippen LogP contribution is 2.23. The first-order valence-corrected chi connectivity index (χ1v) is 4.91. The number of benzene rings is 1. The first kappa shape index (κ1) is 11.1. The number of nitrogens with two attached hydrogens (primary N) is 1. The molecule has 0 aromatic heterocycles. The van der Waals surface area contributed by atoms with Crippen molar-refractivity contribution in [3.8, 4) is 5.75 Å². The van der Waals surface area contributed by atoms with Crippen LogP contribution in [0, 0.1) is 13.8 Å². The fraction of sp³-hybridized carbons (Fsp3) is 0.500. The van der Waals surface area contributed by atoms with Crippen molar-refractivity contribution in [2.45, 2.75) is 33.3 Å². The van der Waals surface area contributed by atoms with Crippen LogP contribution in [-0.4, -0.2) is 12.1 Å². The van der Waals surface area contributed by atoms with Crippen molar-refractivity contribution >= 4 is 0 Å². The van der Waals surface area contributed by atoms with Gasteiger partial charge < -0.3 is 10.5 Å². The van der Waals surface area contributed by atoms with Gasteiger partial charge in [-0.2, -0.15) is 0 Å². The summed E-state index contributed by atoms with van der Waals surface area (Å²) in [6, 6.07) is 6.20. The monoisotopic (exact) mass is 193 g/mol. The van der Waals surface area contributed by atoms with Crippen molar-refractivity contribution in [1.29, 1.82) is 0 Å². The molecule has 0 aliphatic heterocycles. The van der Waals surface area contributed by atoms with Gasteiger partial charge in [-0.15, -0.1) is 0 Å². The van der Waals surface area contributed by atoms with Crippen molar-refractivity contribution in [2.75, 3.05) is 6.54 Å². The van der Waals surface area contributed by atoms with Crippen LogP contribution in [0.25, 0.3) is 0 Å². The Morgan fingerprint density at radius 1 is 1.29 bits per heavy atom. The Balaban J connectivity index is 2.91. The Labute approximate surface area is 86.1 Å². The largest absolute Gasteiger partial charge is 0.486 e. The second-order valence-corrected chi connectivity index (χ2v) is 4.33. The molecule has 0 heterocycles. The highest BCUT2D eigenvalue weighted by Gasteiger charge is 2.18. The summed E-state index contributed by atoms with van der Waals surface area (Å²) >= 11 is 0. The van der Waals surface area contributed by atoms with Crippen molar-refractivity contribution < 1.29 is 4.74 Å². The minimum Gasteiger partial charge on any atom is -0.486 e. The van der Waals surface area contributed by atoms with E-state index in [9.17, 15) is 0 Å². The van der Waals surface area contributed by atoms with Crippen LogP contribution in [0.2, 0.25) is 0 Å². The van der Waals surface area contributed by atoms with E-state index in [1.165, 1.54) is 5.56 Å². The summed E-state index contributed by atoms with van der Waals surface area (Å²) < 4.78 is 5.84. The van der Waals surface area contributed by atoms with E-state index < -0.39 is 0 Å². The molecule has 0 amide bonds. The van der Waals surface area contributed by atoms with Crippen LogP contribution >= 0.6 is 0 Å². The lowest BCUT2D eigenvalue weighted by Gasteiger charge is -2.25. The van der Waals surface area contributed by atoms with Gasteiger partial charge in [-0.1, -0.05) is 12.1 Å². The summed E-state index contributed by atoms with van der Waals surface area (Å²) in [6.07, 6.45) is 0. The average Bonchev–Trinajstić information content (AvgIpc) is 2.11. The van der Waals surface area contributed by atoms with Gasteiger partial charge in [-0.05, 0) is 44.9 Å². The van der Waals surface area contributed by atoms with E-state index >= 15 is 0 Å². The standard InChI is InChI=1S/C12H19NO/c1-9-5-6-10(2)11(7-9)14-12(3,4)8-13/h5-7H,8,13H2,1-4H3. The summed E-state index contributed by atoms with van der Waals surface area (Å²) in [5.74, 6) is 0.931. The Morgan fingerprint density at radius 3 is 2.50 bits per heavy atom. The number of hydrogen-bond donors (Lipinski definition) is 1. The number of rotatable bonds is 3. The molecular weight excluding hydrogens is 174 g/mol. The van der Waals surface area contributed by atoms with E-state index in [2.05, 4.69) is 19.1 Å². The molecule has 78 valence electrons. The van der Waals surface area contributed by atoms with Gasteiger partial charge >= 0.3 is 0 Å². The Bertz CT molecular complexity index is 318. The maximum Gasteiger partial charge on any atom is 0.123 e.